The largest absolute Gasteiger partial charge is 0.334 e. The van der Waals surface area contributed by atoms with E-state index in [2.05, 4.69) is 10.1 Å². The number of hydrogen-bond donors (Lipinski definition) is 0. The Morgan fingerprint density at radius 1 is 1.14 bits per heavy atom. The summed E-state index contributed by atoms with van der Waals surface area (Å²) in [4.78, 5) is 18.8. The Balaban J connectivity index is 1.52. The summed E-state index contributed by atoms with van der Waals surface area (Å²) in [6.07, 6.45) is 1.68. The first kappa shape index (κ1) is 18.3. The highest BCUT2D eigenvalue weighted by Crippen LogP contribution is 2.31. The Bertz CT molecular complexity index is 1000. The Kier molecular flexibility index (Phi) is 4.90. The highest BCUT2D eigenvalue weighted by atomic mass is 19.1. The number of halogens is 2. The molecule has 1 amide bonds. The molecule has 1 atom stereocenters. The van der Waals surface area contributed by atoms with E-state index in [1.807, 2.05) is 0 Å². The molecule has 1 fully saturated rings. The Morgan fingerprint density at radius 3 is 2.68 bits per heavy atom. The van der Waals surface area contributed by atoms with E-state index >= 15 is 0 Å². The molecule has 0 aliphatic carbocycles. The van der Waals surface area contributed by atoms with Crippen LogP contribution in [-0.4, -0.2) is 22.6 Å². The Labute approximate surface area is 161 Å². The minimum atomic E-state index is -0.342. The molecule has 1 aliphatic rings. The van der Waals surface area contributed by atoms with Crippen molar-refractivity contribution < 1.29 is 18.1 Å². The van der Waals surface area contributed by atoms with Gasteiger partial charge in [0.05, 0.1) is 0 Å². The quantitative estimate of drug-likeness (QED) is 0.662. The van der Waals surface area contributed by atoms with E-state index in [4.69, 9.17) is 4.52 Å². The molecule has 0 saturated carbocycles. The van der Waals surface area contributed by atoms with E-state index in [0.29, 0.717) is 35.1 Å². The number of amides is 1. The molecule has 2 aromatic carbocycles. The van der Waals surface area contributed by atoms with Gasteiger partial charge in [-0.2, -0.15) is 4.98 Å². The number of hydrogen-bond acceptors (Lipinski definition) is 4. The molecule has 0 N–H and O–H groups in total. The Morgan fingerprint density at radius 2 is 1.93 bits per heavy atom. The lowest BCUT2D eigenvalue weighted by atomic mass is 10.00. The van der Waals surface area contributed by atoms with Gasteiger partial charge in [-0.25, -0.2) is 8.78 Å². The second-order valence-corrected chi connectivity index (χ2v) is 6.99. The molecule has 144 valence electrons. The fraction of sp³-hybridized carbons (Fsp3) is 0.286. The van der Waals surface area contributed by atoms with Crippen LogP contribution in [0.15, 0.2) is 47.0 Å². The molecular formula is C21H19F2N3O2. The second kappa shape index (κ2) is 7.50. The van der Waals surface area contributed by atoms with Gasteiger partial charge in [-0.05, 0) is 61.7 Å². The van der Waals surface area contributed by atoms with Gasteiger partial charge in [0.1, 0.15) is 11.6 Å². The first-order valence-corrected chi connectivity index (χ1v) is 9.17. The van der Waals surface area contributed by atoms with Gasteiger partial charge >= 0.3 is 0 Å². The fourth-order valence-corrected chi connectivity index (χ4v) is 3.40. The van der Waals surface area contributed by atoms with E-state index in [9.17, 15) is 13.6 Å². The molecule has 7 heteroatoms. The second-order valence-electron chi connectivity index (χ2n) is 6.99. The fourth-order valence-electron chi connectivity index (χ4n) is 3.40. The monoisotopic (exact) mass is 383 g/mol. The maximum atomic E-state index is 13.9. The average molecular weight is 383 g/mol. The van der Waals surface area contributed by atoms with E-state index < -0.39 is 0 Å². The summed E-state index contributed by atoms with van der Waals surface area (Å²) in [5.74, 6) is -0.183. The molecule has 5 nitrogen and oxygen atoms in total. The van der Waals surface area contributed by atoms with Crippen LogP contribution in [0.2, 0.25) is 0 Å². The van der Waals surface area contributed by atoms with Crippen molar-refractivity contribution in [2.75, 3.05) is 11.4 Å². The molecule has 1 aromatic heterocycles. The predicted molar refractivity (Wildman–Crippen MR) is 99.8 cm³/mol. The van der Waals surface area contributed by atoms with Gasteiger partial charge in [-0.15, -0.1) is 0 Å². The third kappa shape index (κ3) is 3.65. The van der Waals surface area contributed by atoms with Crippen molar-refractivity contribution in [1.29, 1.82) is 0 Å². The van der Waals surface area contributed by atoms with E-state index in [1.54, 1.807) is 36.1 Å². The third-order valence-electron chi connectivity index (χ3n) is 5.02. The van der Waals surface area contributed by atoms with E-state index in [1.165, 1.54) is 18.2 Å². The van der Waals surface area contributed by atoms with Gasteiger partial charge in [0.2, 0.25) is 5.91 Å². The molecule has 0 bridgehead atoms. The highest BCUT2D eigenvalue weighted by molar-refractivity contribution is 5.94. The molecule has 0 radical (unpaired) electrons. The lowest BCUT2D eigenvalue weighted by Gasteiger charge is -2.21. The summed E-state index contributed by atoms with van der Waals surface area (Å²) >= 11 is 0. The van der Waals surface area contributed by atoms with Crippen molar-refractivity contribution in [1.82, 2.24) is 10.1 Å². The molecule has 1 aliphatic heterocycles. The molecule has 1 saturated heterocycles. The molecular weight excluding hydrogens is 364 g/mol. The molecule has 28 heavy (non-hydrogen) atoms. The van der Waals surface area contributed by atoms with Crippen LogP contribution in [0, 0.1) is 18.6 Å². The first-order chi connectivity index (χ1) is 13.5. The van der Waals surface area contributed by atoms with Crippen molar-refractivity contribution in [3.63, 3.8) is 0 Å². The number of nitrogens with zero attached hydrogens (tertiary/aromatic N) is 3. The van der Waals surface area contributed by atoms with Crippen molar-refractivity contribution >= 4 is 11.6 Å². The zero-order chi connectivity index (χ0) is 19.7. The van der Waals surface area contributed by atoms with Crippen LogP contribution in [0.25, 0.3) is 11.5 Å². The molecule has 2 heterocycles. The first-order valence-electron chi connectivity index (χ1n) is 9.17. The van der Waals surface area contributed by atoms with Crippen molar-refractivity contribution in [2.24, 2.45) is 0 Å². The minimum absolute atomic E-state index is 0.0983. The lowest BCUT2D eigenvalue weighted by molar-refractivity contribution is -0.118. The zero-order valence-electron chi connectivity index (χ0n) is 15.4. The number of carbonyl (C=O) groups is 1. The zero-order valence-corrected chi connectivity index (χ0v) is 15.4. The van der Waals surface area contributed by atoms with E-state index in [0.717, 1.165) is 12.8 Å². The van der Waals surface area contributed by atoms with Crippen LogP contribution in [-0.2, 0) is 4.79 Å². The average Bonchev–Trinajstić information content (AvgIpc) is 3.09. The summed E-state index contributed by atoms with van der Waals surface area (Å²) in [6.45, 7) is 2.20. The van der Waals surface area contributed by atoms with Crippen LogP contribution >= 0.6 is 0 Å². The van der Waals surface area contributed by atoms with Gasteiger partial charge in [0.15, 0.2) is 5.82 Å². The van der Waals surface area contributed by atoms with Crippen LogP contribution in [0.1, 0.15) is 36.6 Å². The number of aromatic nitrogens is 2. The summed E-state index contributed by atoms with van der Waals surface area (Å²) < 4.78 is 32.3. The third-order valence-corrected chi connectivity index (χ3v) is 5.02. The minimum Gasteiger partial charge on any atom is -0.334 e. The SMILES string of the molecule is Cc1ccc(N2CCCC(c3noc(-c4ccc(F)cc4)n3)CC2=O)cc1F. The number of anilines is 1. The number of carbonyl (C=O) groups excluding carboxylic acids is 1. The van der Waals surface area contributed by atoms with Gasteiger partial charge < -0.3 is 9.42 Å². The van der Waals surface area contributed by atoms with Crippen LogP contribution in [0.4, 0.5) is 14.5 Å². The van der Waals surface area contributed by atoms with E-state index in [-0.39, 0.29) is 29.9 Å². The van der Waals surface area contributed by atoms with Crippen LogP contribution in [0.3, 0.4) is 0 Å². The summed E-state index contributed by atoms with van der Waals surface area (Å²) in [6, 6.07) is 10.6. The van der Waals surface area contributed by atoms with Crippen molar-refractivity contribution in [3.05, 3.63) is 65.5 Å². The highest BCUT2D eigenvalue weighted by Gasteiger charge is 2.29. The lowest BCUT2D eigenvalue weighted by Crippen LogP contribution is -2.30. The number of benzene rings is 2. The summed E-state index contributed by atoms with van der Waals surface area (Å²) in [7, 11) is 0. The smallest absolute Gasteiger partial charge is 0.257 e. The van der Waals surface area contributed by atoms with Crippen molar-refractivity contribution in [3.8, 4) is 11.5 Å². The maximum Gasteiger partial charge on any atom is 0.257 e. The maximum absolute atomic E-state index is 13.9. The van der Waals surface area contributed by atoms with Crippen LogP contribution in [0.5, 0.6) is 0 Å². The summed E-state index contributed by atoms with van der Waals surface area (Å²) in [5, 5.41) is 4.03. The molecule has 3 aromatic rings. The normalized spacial score (nSPS) is 17.6. The van der Waals surface area contributed by atoms with Gasteiger partial charge in [-0.3, -0.25) is 4.79 Å². The molecule has 4 rings (SSSR count). The Hall–Kier alpha value is -3.09. The molecule has 0 spiro atoms. The van der Waals surface area contributed by atoms with Gasteiger partial charge in [-0.1, -0.05) is 11.2 Å². The van der Waals surface area contributed by atoms with Gasteiger partial charge in [0, 0.05) is 30.1 Å². The van der Waals surface area contributed by atoms with Gasteiger partial charge in [0.25, 0.3) is 5.89 Å². The standard InChI is InChI=1S/C21H19F2N3O2/c1-13-4-9-17(12-18(13)23)26-10-2-3-15(11-19(26)27)20-24-21(28-25-20)14-5-7-16(22)8-6-14/h4-9,12,15H,2-3,10-11H2,1H3. The summed E-state index contributed by atoms with van der Waals surface area (Å²) in [5.41, 5.74) is 1.73. The molecule has 1 unspecified atom stereocenters. The number of rotatable bonds is 3. The topological polar surface area (TPSA) is 59.2 Å². The predicted octanol–water partition coefficient (Wildman–Crippen LogP) is 4.62. The number of aryl methyl sites for hydroxylation is 1. The van der Waals surface area contributed by atoms with Crippen LogP contribution < -0.4 is 4.90 Å². The van der Waals surface area contributed by atoms with Crippen molar-refractivity contribution in [2.45, 2.75) is 32.1 Å².